The highest BCUT2D eigenvalue weighted by atomic mass is 16.2. The molecule has 0 aliphatic rings. The molecule has 3 aromatic heterocycles. The molecule has 0 radical (unpaired) electrons. The van der Waals surface area contributed by atoms with Gasteiger partial charge < -0.3 is 20.9 Å². The first-order valence-corrected chi connectivity index (χ1v) is 9.31. The second-order valence-electron chi connectivity index (χ2n) is 6.69. The lowest BCUT2D eigenvalue weighted by atomic mass is 10.1. The van der Waals surface area contributed by atoms with E-state index in [1.807, 2.05) is 30.3 Å². The van der Waals surface area contributed by atoms with Crippen molar-refractivity contribution in [3.05, 3.63) is 54.7 Å². The first-order chi connectivity index (χ1) is 14.1. The molecule has 0 fully saturated rings. The van der Waals surface area contributed by atoms with E-state index in [9.17, 15) is 4.79 Å². The Kier molecular flexibility index (Phi) is 5.10. The lowest BCUT2D eigenvalue weighted by molar-refractivity contribution is 0.0940. The molecule has 0 saturated carbocycles. The van der Waals surface area contributed by atoms with E-state index in [2.05, 4.69) is 30.8 Å². The Labute approximate surface area is 167 Å². The zero-order valence-electron chi connectivity index (χ0n) is 16.0. The van der Waals surface area contributed by atoms with Crippen LogP contribution in [0.5, 0.6) is 0 Å². The third-order valence-electron chi connectivity index (χ3n) is 4.62. The third-order valence-corrected chi connectivity index (χ3v) is 4.62. The first-order valence-electron chi connectivity index (χ1n) is 9.31. The maximum atomic E-state index is 12.1. The largest absolute Gasteiger partial charge is 0.384 e. The van der Waals surface area contributed by atoms with Crippen molar-refractivity contribution in [1.82, 2.24) is 30.0 Å². The van der Waals surface area contributed by atoms with Gasteiger partial charge in [0.15, 0.2) is 5.82 Å². The number of nitrogens with two attached hydrogens (primary N) is 1. The molecular weight excluding hydrogens is 368 g/mol. The number of carbonyl (C=O) groups is 1. The van der Waals surface area contributed by atoms with Crippen LogP contribution < -0.4 is 16.4 Å². The number of aryl methyl sites for hydroxylation is 1. The number of nitrogens with zero attached hydrogens (tertiary/aromatic N) is 4. The van der Waals surface area contributed by atoms with E-state index in [1.54, 1.807) is 30.2 Å². The number of anilines is 2. The van der Waals surface area contributed by atoms with Crippen LogP contribution in [0.25, 0.3) is 22.2 Å². The van der Waals surface area contributed by atoms with E-state index < -0.39 is 0 Å². The number of aromatic nitrogens is 5. The van der Waals surface area contributed by atoms with Crippen molar-refractivity contribution >= 4 is 28.3 Å². The lowest BCUT2D eigenvalue weighted by Crippen LogP contribution is -2.28. The normalized spacial score (nSPS) is 10.9. The summed E-state index contributed by atoms with van der Waals surface area (Å²) in [5.41, 5.74) is 9.64. The highest BCUT2D eigenvalue weighted by molar-refractivity contribution is 5.95. The van der Waals surface area contributed by atoms with Crippen LogP contribution in [0.15, 0.2) is 48.9 Å². The average molecular weight is 390 g/mol. The standard InChI is InChI=1S/C20H22N8O/c1-28-10-9-23-19(28)20(29)24-7-2-6-22-16-12-18(21)26-17-11-13(3-4-14(16)17)15-5-8-25-27-15/h3-5,8-12H,2,6-7H2,1H3,(H,24,29)(H,25,27)(H3,21,22,26). The van der Waals surface area contributed by atoms with Crippen molar-refractivity contribution in [3.63, 3.8) is 0 Å². The van der Waals surface area contributed by atoms with Crippen molar-refractivity contribution < 1.29 is 4.79 Å². The molecule has 3 heterocycles. The van der Waals surface area contributed by atoms with Crippen molar-refractivity contribution in [2.75, 3.05) is 24.1 Å². The van der Waals surface area contributed by atoms with Crippen LogP contribution >= 0.6 is 0 Å². The zero-order valence-corrected chi connectivity index (χ0v) is 16.0. The van der Waals surface area contributed by atoms with Gasteiger partial charge in [-0.2, -0.15) is 5.10 Å². The summed E-state index contributed by atoms with van der Waals surface area (Å²) in [6.07, 6.45) is 5.82. The van der Waals surface area contributed by atoms with Crippen molar-refractivity contribution in [1.29, 1.82) is 0 Å². The molecule has 0 spiro atoms. The van der Waals surface area contributed by atoms with Gasteiger partial charge in [-0.05, 0) is 18.6 Å². The number of fused-ring (bicyclic) bond motifs is 1. The molecule has 0 atom stereocenters. The summed E-state index contributed by atoms with van der Waals surface area (Å²) in [4.78, 5) is 20.6. The molecule has 0 aliphatic heterocycles. The summed E-state index contributed by atoms with van der Waals surface area (Å²) < 4.78 is 1.69. The minimum atomic E-state index is -0.178. The number of amides is 1. The minimum Gasteiger partial charge on any atom is -0.384 e. The smallest absolute Gasteiger partial charge is 0.287 e. The second kappa shape index (κ2) is 8.01. The number of hydrogen-bond acceptors (Lipinski definition) is 6. The summed E-state index contributed by atoms with van der Waals surface area (Å²) >= 11 is 0. The third kappa shape index (κ3) is 4.03. The van der Waals surface area contributed by atoms with E-state index >= 15 is 0 Å². The number of aromatic amines is 1. The van der Waals surface area contributed by atoms with Gasteiger partial charge in [0.2, 0.25) is 0 Å². The van der Waals surface area contributed by atoms with Crippen LogP contribution in [0, 0.1) is 0 Å². The summed E-state index contributed by atoms with van der Waals surface area (Å²) in [5, 5.41) is 14.2. The molecule has 1 aromatic carbocycles. The number of carbonyl (C=O) groups excluding carboxylic acids is 1. The molecule has 5 N–H and O–H groups in total. The van der Waals surface area contributed by atoms with Gasteiger partial charge in [0.25, 0.3) is 5.91 Å². The van der Waals surface area contributed by atoms with Crippen molar-refractivity contribution in [3.8, 4) is 11.3 Å². The molecule has 9 heteroatoms. The van der Waals surface area contributed by atoms with Crippen LogP contribution in [0.2, 0.25) is 0 Å². The van der Waals surface area contributed by atoms with Gasteiger partial charge in [-0.3, -0.25) is 9.89 Å². The summed E-state index contributed by atoms with van der Waals surface area (Å²) in [7, 11) is 1.79. The van der Waals surface area contributed by atoms with Crippen LogP contribution in [0.1, 0.15) is 17.0 Å². The Hall–Kier alpha value is -3.88. The van der Waals surface area contributed by atoms with E-state index in [-0.39, 0.29) is 5.91 Å². The Morgan fingerprint density at radius 1 is 1.21 bits per heavy atom. The number of pyridine rings is 1. The van der Waals surface area contributed by atoms with Gasteiger partial charge in [-0.1, -0.05) is 12.1 Å². The number of H-pyrrole nitrogens is 1. The molecule has 0 unspecified atom stereocenters. The Balaban J connectivity index is 1.39. The molecule has 0 saturated heterocycles. The Morgan fingerprint density at radius 2 is 2.10 bits per heavy atom. The van der Waals surface area contributed by atoms with Gasteiger partial charge >= 0.3 is 0 Å². The predicted molar refractivity (Wildman–Crippen MR) is 112 cm³/mol. The summed E-state index contributed by atoms with van der Waals surface area (Å²) in [6.45, 7) is 1.23. The van der Waals surface area contributed by atoms with Crippen LogP contribution in [0.4, 0.5) is 11.5 Å². The van der Waals surface area contributed by atoms with Gasteiger partial charge in [-0.25, -0.2) is 9.97 Å². The highest BCUT2D eigenvalue weighted by Crippen LogP contribution is 2.28. The van der Waals surface area contributed by atoms with Gasteiger partial charge in [0, 0.05) is 61.4 Å². The molecule has 148 valence electrons. The number of rotatable bonds is 7. The minimum absolute atomic E-state index is 0.178. The van der Waals surface area contributed by atoms with E-state index in [1.165, 1.54) is 0 Å². The maximum Gasteiger partial charge on any atom is 0.287 e. The summed E-state index contributed by atoms with van der Waals surface area (Å²) in [5.74, 6) is 0.672. The second-order valence-corrected chi connectivity index (χ2v) is 6.69. The van der Waals surface area contributed by atoms with Crippen LogP contribution in [0.3, 0.4) is 0 Å². The fourth-order valence-corrected chi connectivity index (χ4v) is 3.16. The molecule has 4 aromatic rings. The monoisotopic (exact) mass is 390 g/mol. The number of hydrogen-bond donors (Lipinski definition) is 4. The number of benzene rings is 1. The fraction of sp³-hybridized carbons (Fsp3) is 0.200. The van der Waals surface area contributed by atoms with Gasteiger partial charge in [0.05, 0.1) is 11.2 Å². The fourth-order valence-electron chi connectivity index (χ4n) is 3.16. The number of nitrogens with one attached hydrogen (secondary N) is 3. The number of imidazole rings is 1. The van der Waals surface area contributed by atoms with Crippen LogP contribution in [-0.2, 0) is 7.05 Å². The van der Waals surface area contributed by atoms with Crippen LogP contribution in [-0.4, -0.2) is 43.7 Å². The van der Waals surface area contributed by atoms with E-state index in [0.717, 1.165) is 34.3 Å². The molecule has 9 nitrogen and oxygen atoms in total. The van der Waals surface area contributed by atoms with E-state index in [0.29, 0.717) is 24.7 Å². The zero-order chi connectivity index (χ0) is 20.2. The van der Waals surface area contributed by atoms with Gasteiger partial charge in [-0.15, -0.1) is 0 Å². The molecule has 1 amide bonds. The maximum absolute atomic E-state index is 12.1. The molecular formula is C20H22N8O. The summed E-state index contributed by atoms with van der Waals surface area (Å²) in [6, 6.07) is 9.75. The molecule has 4 rings (SSSR count). The van der Waals surface area contributed by atoms with Gasteiger partial charge in [0.1, 0.15) is 5.82 Å². The SMILES string of the molecule is Cn1ccnc1C(=O)NCCCNc1cc(N)nc2cc(-c3ccn[nH]3)ccc12. The quantitative estimate of drug-likeness (QED) is 0.358. The first kappa shape index (κ1) is 18.5. The topological polar surface area (TPSA) is 127 Å². The Bertz CT molecular complexity index is 1130. The number of nitrogen functional groups attached to an aromatic ring is 1. The van der Waals surface area contributed by atoms with Crippen molar-refractivity contribution in [2.45, 2.75) is 6.42 Å². The van der Waals surface area contributed by atoms with E-state index in [4.69, 9.17) is 5.73 Å². The molecule has 0 aliphatic carbocycles. The predicted octanol–water partition coefficient (Wildman–Crippen LogP) is 2.17. The molecule has 29 heavy (non-hydrogen) atoms. The average Bonchev–Trinajstić information content (AvgIpc) is 3.38. The highest BCUT2D eigenvalue weighted by Gasteiger charge is 2.10. The molecule has 0 bridgehead atoms. The van der Waals surface area contributed by atoms with Crippen molar-refractivity contribution in [2.24, 2.45) is 7.05 Å². The lowest BCUT2D eigenvalue weighted by Gasteiger charge is -2.12. The Morgan fingerprint density at radius 3 is 2.86 bits per heavy atom.